The van der Waals surface area contributed by atoms with Crippen molar-refractivity contribution in [3.8, 4) is 5.75 Å². The Kier molecular flexibility index (Phi) is 7.96. The molecule has 0 aliphatic carbocycles. The lowest BCUT2D eigenvalue weighted by atomic mass is 9.97. The van der Waals surface area contributed by atoms with Crippen LogP contribution in [-0.4, -0.2) is 55.5 Å². The van der Waals surface area contributed by atoms with E-state index in [4.69, 9.17) is 4.74 Å². The van der Waals surface area contributed by atoms with Crippen LogP contribution in [0.3, 0.4) is 0 Å². The lowest BCUT2D eigenvalue weighted by Gasteiger charge is -2.34. The van der Waals surface area contributed by atoms with Gasteiger partial charge in [-0.2, -0.15) is 13.2 Å². The summed E-state index contributed by atoms with van der Waals surface area (Å²) in [6.45, 7) is 3.15. The number of likely N-dealkylation sites (tertiary alicyclic amines) is 1. The summed E-state index contributed by atoms with van der Waals surface area (Å²) in [5, 5.41) is 0. The molecule has 3 rings (SSSR count). The van der Waals surface area contributed by atoms with Gasteiger partial charge in [0.2, 0.25) is 0 Å². The Morgan fingerprint density at radius 2 is 1.94 bits per heavy atom. The second-order valence-corrected chi connectivity index (χ2v) is 8.13. The largest absolute Gasteiger partial charge is 0.484 e. The third-order valence-electron chi connectivity index (χ3n) is 5.64. The summed E-state index contributed by atoms with van der Waals surface area (Å²) in [5.74, 6) is 0.952. The van der Waals surface area contributed by atoms with Gasteiger partial charge in [-0.15, -0.1) is 0 Å². The highest BCUT2D eigenvalue weighted by atomic mass is 19.4. The monoisotopic (exact) mass is 434 g/mol. The van der Waals surface area contributed by atoms with Gasteiger partial charge in [-0.05, 0) is 55.5 Å². The molecule has 1 saturated heterocycles. The minimum Gasteiger partial charge on any atom is -0.484 e. The number of ether oxygens (including phenoxy) is 1. The number of piperidine rings is 1. The number of hydrogen-bond acceptors (Lipinski definition) is 3. The number of alkyl halides is 3. The zero-order valence-electron chi connectivity index (χ0n) is 17.8. The first-order valence-corrected chi connectivity index (χ1v) is 10.6. The van der Waals surface area contributed by atoms with E-state index in [-0.39, 0.29) is 12.5 Å². The first kappa shape index (κ1) is 23.1. The summed E-state index contributed by atoms with van der Waals surface area (Å²) >= 11 is 0. The zero-order chi connectivity index (χ0) is 22.3. The number of nitrogens with zero attached hydrogens (tertiary/aromatic N) is 2. The molecular formula is C24H29F3N2O2. The number of para-hydroxylation sites is 1. The first-order valence-electron chi connectivity index (χ1n) is 10.6. The van der Waals surface area contributed by atoms with Crippen molar-refractivity contribution < 1.29 is 22.7 Å². The average molecular weight is 435 g/mol. The van der Waals surface area contributed by atoms with Crippen LogP contribution in [0.1, 0.15) is 24.0 Å². The maximum absolute atomic E-state index is 12.9. The van der Waals surface area contributed by atoms with E-state index in [1.807, 2.05) is 30.3 Å². The van der Waals surface area contributed by atoms with Crippen molar-refractivity contribution in [2.24, 2.45) is 5.92 Å². The molecule has 168 valence electrons. The molecule has 0 spiro atoms. The van der Waals surface area contributed by atoms with Crippen LogP contribution in [0.4, 0.5) is 13.2 Å². The predicted molar refractivity (Wildman–Crippen MR) is 114 cm³/mol. The number of likely N-dealkylation sites (N-methyl/N-ethyl adjacent to an activating group) is 1. The van der Waals surface area contributed by atoms with Crippen molar-refractivity contribution >= 4 is 5.91 Å². The van der Waals surface area contributed by atoms with Gasteiger partial charge in [-0.25, -0.2) is 0 Å². The Hall–Kier alpha value is -2.54. The molecule has 7 heteroatoms. The highest BCUT2D eigenvalue weighted by Gasteiger charge is 2.30. The summed E-state index contributed by atoms with van der Waals surface area (Å²) in [4.78, 5) is 16.4. The van der Waals surface area contributed by atoms with Crippen LogP contribution in [0.2, 0.25) is 0 Å². The van der Waals surface area contributed by atoms with Gasteiger partial charge in [-0.1, -0.05) is 36.4 Å². The van der Waals surface area contributed by atoms with Gasteiger partial charge in [0.05, 0.1) is 5.56 Å². The van der Waals surface area contributed by atoms with Gasteiger partial charge in [-0.3, -0.25) is 4.79 Å². The van der Waals surface area contributed by atoms with Crippen LogP contribution in [0, 0.1) is 5.92 Å². The third kappa shape index (κ3) is 7.28. The molecule has 0 radical (unpaired) electrons. The molecule has 2 aromatic rings. The fourth-order valence-corrected chi connectivity index (χ4v) is 3.95. The van der Waals surface area contributed by atoms with E-state index < -0.39 is 11.7 Å². The molecule has 1 atom stereocenters. The maximum Gasteiger partial charge on any atom is 0.416 e. The van der Waals surface area contributed by atoms with E-state index in [1.165, 1.54) is 12.1 Å². The van der Waals surface area contributed by atoms with E-state index in [2.05, 4.69) is 4.90 Å². The van der Waals surface area contributed by atoms with Gasteiger partial charge in [0, 0.05) is 26.7 Å². The molecule has 0 unspecified atom stereocenters. The molecule has 1 aliphatic rings. The number of halogens is 3. The molecule has 4 nitrogen and oxygen atoms in total. The van der Waals surface area contributed by atoms with Gasteiger partial charge < -0.3 is 14.5 Å². The molecule has 2 aromatic carbocycles. The molecule has 0 aromatic heterocycles. The standard InChI is InChI=1S/C24H29F3N2O2/c1-28(23(30)18-31-22-10-3-2-4-11-22)16-20-8-6-13-29(17-20)14-12-19-7-5-9-21(15-19)24(25,26)27/h2-5,7,9-11,15,20H,6,8,12-14,16-18H2,1H3/t20-/m1/s1. The van der Waals surface area contributed by atoms with Crippen LogP contribution in [0.5, 0.6) is 5.75 Å². The zero-order valence-corrected chi connectivity index (χ0v) is 17.8. The number of amides is 1. The normalized spacial score (nSPS) is 17.4. The molecule has 1 aliphatic heterocycles. The molecule has 1 amide bonds. The number of carbonyl (C=O) groups excluding carboxylic acids is 1. The lowest BCUT2D eigenvalue weighted by Crippen LogP contribution is -2.43. The Morgan fingerprint density at radius 1 is 1.16 bits per heavy atom. The lowest BCUT2D eigenvalue weighted by molar-refractivity contribution is -0.137. The minimum atomic E-state index is -4.31. The number of hydrogen-bond donors (Lipinski definition) is 0. The molecule has 0 saturated carbocycles. The molecule has 31 heavy (non-hydrogen) atoms. The Balaban J connectivity index is 1.44. The topological polar surface area (TPSA) is 32.8 Å². The molecule has 1 fully saturated rings. The summed E-state index contributed by atoms with van der Waals surface area (Å²) in [6.07, 6.45) is -1.67. The van der Waals surface area contributed by atoms with Crippen molar-refractivity contribution in [2.45, 2.75) is 25.4 Å². The number of carbonyl (C=O) groups is 1. The highest BCUT2D eigenvalue weighted by molar-refractivity contribution is 5.77. The average Bonchev–Trinajstić information content (AvgIpc) is 2.76. The maximum atomic E-state index is 12.9. The predicted octanol–water partition coefficient (Wildman–Crippen LogP) is 4.50. The molecule has 1 heterocycles. The van der Waals surface area contributed by atoms with E-state index in [0.29, 0.717) is 36.7 Å². The van der Waals surface area contributed by atoms with Crippen molar-refractivity contribution in [1.29, 1.82) is 0 Å². The van der Waals surface area contributed by atoms with Crippen LogP contribution in [0.25, 0.3) is 0 Å². The number of rotatable bonds is 8. The SMILES string of the molecule is CN(C[C@H]1CCCN(CCc2cccc(C(F)(F)F)c2)C1)C(=O)COc1ccccc1. The smallest absolute Gasteiger partial charge is 0.416 e. The van der Waals surface area contributed by atoms with Crippen molar-refractivity contribution in [2.75, 3.05) is 39.8 Å². The van der Waals surface area contributed by atoms with Crippen LogP contribution < -0.4 is 4.74 Å². The summed E-state index contributed by atoms with van der Waals surface area (Å²) in [7, 11) is 1.79. The van der Waals surface area contributed by atoms with E-state index in [0.717, 1.165) is 32.0 Å². The molecular weight excluding hydrogens is 405 g/mol. The van der Waals surface area contributed by atoms with E-state index in [1.54, 1.807) is 18.0 Å². The third-order valence-corrected chi connectivity index (χ3v) is 5.64. The van der Waals surface area contributed by atoms with Crippen LogP contribution in [0.15, 0.2) is 54.6 Å². The fourth-order valence-electron chi connectivity index (χ4n) is 3.95. The van der Waals surface area contributed by atoms with E-state index >= 15 is 0 Å². The van der Waals surface area contributed by atoms with Gasteiger partial charge in [0.25, 0.3) is 5.91 Å². The van der Waals surface area contributed by atoms with Gasteiger partial charge in [0.15, 0.2) is 6.61 Å². The second kappa shape index (κ2) is 10.7. The summed E-state index contributed by atoms with van der Waals surface area (Å²) in [5.41, 5.74) is 0.0988. The fraction of sp³-hybridized carbons (Fsp3) is 0.458. The second-order valence-electron chi connectivity index (χ2n) is 8.13. The Morgan fingerprint density at radius 3 is 2.68 bits per heavy atom. The minimum absolute atomic E-state index is 0.00644. The summed E-state index contributed by atoms with van der Waals surface area (Å²) in [6, 6.07) is 14.8. The highest BCUT2D eigenvalue weighted by Crippen LogP contribution is 2.29. The Labute approximate surface area is 181 Å². The van der Waals surface area contributed by atoms with Crippen molar-refractivity contribution in [1.82, 2.24) is 9.80 Å². The van der Waals surface area contributed by atoms with Gasteiger partial charge >= 0.3 is 6.18 Å². The molecule has 0 bridgehead atoms. The van der Waals surface area contributed by atoms with Crippen molar-refractivity contribution in [3.63, 3.8) is 0 Å². The van der Waals surface area contributed by atoms with Crippen LogP contribution >= 0.6 is 0 Å². The quantitative estimate of drug-likeness (QED) is 0.614. The Bertz CT molecular complexity index is 842. The van der Waals surface area contributed by atoms with Crippen molar-refractivity contribution in [3.05, 3.63) is 65.7 Å². The van der Waals surface area contributed by atoms with Crippen LogP contribution in [-0.2, 0) is 17.4 Å². The summed E-state index contributed by atoms with van der Waals surface area (Å²) < 4.78 is 44.2. The van der Waals surface area contributed by atoms with Gasteiger partial charge in [0.1, 0.15) is 5.75 Å². The molecule has 0 N–H and O–H groups in total. The first-order chi connectivity index (χ1) is 14.8. The van der Waals surface area contributed by atoms with E-state index in [9.17, 15) is 18.0 Å². The number of benzene rings is 2.